The summed E-state index contributed by atoms with van der Waals surface area (Å²) in [7, 11) is 1.50. The third-order valence-corrected chi connectivity index (χ3v) is 3.90. The molecule has 0 aliphatic carbocycles. The number of carbonyl (C=O) groups excluding carboxylic acids is 1. The van der Waals surface area contributed by atoms with Crippen molar-refractivity contribution in [2.75, 3.05) is 12.4 Å². The smallest absolute Gasteiger partial charge is 0.255 e. The molecule has 0 aromatic heterocycles. The van der Waals surface area contributed by atoms with Gasteiger partial charge < -0.3 is 10.1 Å². The van der Waals surface area contributed by atoms with E-state index < -0.39 is 17.5 Å². The van der Waals surface area contributed by atoms with Gasteiger partial charge in [-0.15, -0.1) is 0 Å². The van der Waals surface area contributed by atoms with E-state index in [1.807, 2.05) is 0 Å². The highest BCUT2D eigenvalue weighted by atomic mass is 79.9. The van der Waals surface area contributed by atoms with Gasteiger partial charge in [0, 0.05) is 16.1 Å². The maximum absolute atomic E-state index is 13.7. The van der Waals surface area contributed by atoms with Crippen LogP contribution in [0.3, 0.4) is 0 Å². The van der Waals surface area contributed by atoms with Crippen molar-refractivity contribution in [2.45, 2.75) is 0 Å². The normalized spacial score (nSPS) is 10.3. The minimum atomic E-state index is -0.859. The second-order valence-electron chi connectivity index (χ2n) is 4.05. The van der Waals surface area contributed by atoms with Gasteiger partial charge in [0.25, 0.3) is 5.91 Å². The van der Waals surface area contributed by atoms with Gasteiger partial charge in [-0.1, -0.05) is 0 Å². The molecule has 2 aromatic carbocycles. The van der Waals surface area contributed by atoms with Crippen LogP contribution in [0.15, 0.2) is 39.3 Å². The fourth-order valence-corrected chi connectivity index (χ4v) is 2.70. The van der Waals surface area contributed by atoms with E-state index in [2.05, 4.69) is 37.2 Å². The number of benzene rings is 2. The molecule has 1 N–H and O–H groups in total. The molecule has 3 nitrogen and oxygen atoms in total. The topological polar surface area (TPSA) is 38.3 Å². The number of methoxy groups -OCH3 is 1. The van der Waals surface area contributed by atoms with Crippen LogP contribution in [0.25, 0.3) is 0 Å². The number of amides is 1. The summed E-state index contributed by atoms with van der Waals surface area (Å²) >= 11 is 6.27. The Morgan fingerprint density at radius 1 is 1.14 bits per heavy atom. The number of ether oxygens (including phenoxy) is 1. The molecular formula is C14H9Br2F2NO2. The van der Waals surface area contributed by atoms with Crippen molar-refractivity contribution >= 4 is 43.5 Å². The van der Waals surface area contributed by atoms with Gasteiger partial charge in [-0.25, -0.2) is 8.78 Å². The Bertz CT molecular complexity index is 684. The predicted octanol–water partition coefficient (Wildman–Crippen LogP) is 4.75. The number of halogens is 4. The van der Waals surface area contributed by atoms with Gasteiger partial charge in [-0.05, 0) is 56.1 Å². The lowest BCUT2D eigenvalue weighted by Crippen LogP contribution is -2.13. The highest BCUT2D eigenvalue weighted by Crippen LogP contribution is 2.29. The zero-order valence-electron chi connectivity index (χ0n) is 10.7. The van der Waals surface area contributed by atoms with E-state index in [4.69, 9.17) is 4.74 Å². The predicted molar refractivity (Wildman–Crippen MR) is 82.7 cm³/mol. The number of anilines is 1. The van der Waals surface area contributed by atoms with Crippen LogP contribution >= 0.6 is 31.9 Å². The summed E-state index contributed by atoms with van der Waals surface area (Å²) in [6, 6.07) is 6.46. The summed E-state index contributed by atoms with van der Waals surface area (Å²) in [5, 5.41) is 2.40. The molecule has 0 fully saturated rings. The molecular weight excluding hydrogens is 412 g/mol. The van der Waals surface area contributed by atoms with Gasteiger partial charge >= 0.3 is 0 Å². The van der Waals surface area contributed by atoms with E-state index in [1.54, 1.807) is 12.1 Å². The van der Waals surface area contributed by atoms with Crippen molar-refractivity contribution in [3.63, 3.8) is 0 Å². The third kappa shape index (κ3) is 3.59. The molecule has 0 atom stereocenters. The molecule has 21 heavy (non-hydrogen) atoms. The molecule has 0 radical (unpaired) electrons. The van der Waals surface area contributed by atoms with Gasteiger partial charge in [0.1, 0.15) is 11.6 Å². The minimum Gasteiger partial charge on any atom is -0.496 e. The number of rotatable bonds is 3. The Morgan fingerprint density at radius 2 is 1.86 bits per heavy atom. The van der Waals surface area contributed by atoms with Crippen LogP contribution in [0.5, 0.6) is 5.75 Å². The lowest BCUT2D eigenvalue weighted by molar-refractivity contribution is 0.102. The zero-order chi connectivity index (χ0) is 15.6. The lowest BCUT2D eigenvalue weighted by atomic mass is 10.2. The second kappa shape index (κ2) is 6.53. The Kier molecular flexibility index (Phi) is 4.95. The first kappa shape index (κ1) is 15.9. The van der Waals surface area contributed by atoms with Crippen LogP contribution in [0.1, 0.15) is 10.4 Å². The van der Waals surface area contributed by atoms with Crippen LogP contribution in [0, 0.1) is 11.6 Å². The van der Waals surface area contributed by atoms with Gasteiger partial charge in [0.15, 0.2) is 5.82 Å². The molecule has 110 valence electrons. The quantitative estimate of drug-likeness (QED) is 0.777. The Balaban J connectivity index is 2.28. The van der Waals surface area contributed by atoms with Gasteiger partial charge in [-0.2, -0.15) is 0 Å². The molecule has 7 heteroatoms. The Labute approximate surface area is 136 Å². The lowest BCUT2D eigenvalue weighted by Gasteiger charge is -2.10. The Morgan fingerprint density at radius 3 is 2.43 bits per heavy atom. The van der Waals surface area contributed by atoms with E-state index in [0.717, 1.165) is 6.07 Å². The Hall–Kier alpha value is -1.47. The maximum Gasteiger partial charge on any atom is 0.255 e. The molecule has 0 saturated carbocycles. The summed E-state index contributed by atoms with van der Waals surface area (Å²) in [6.45, 7) is 0. The van der Waals surface area contributed by atoms with Crippen molar-refractivity contribution in [1.82, 2.24) is 0 Å². The molecule has 0 aliphatic heterocycles. The van der Waals surface area contributed by atoms with E-state index in [1.165, 1.54) is 13.2 Å². The van der Waals surface area contributed by atoms with Gasteiger partial charge in [0.2, 0.25) is 0 Å². The fourth-order valence-electron chi connectivity index (χ4n) is 1.65. The van der Waals surface area contributed by atoms with Gasteiger partial charge in [0.05, 0.1) is 17.3 Å². The summed E-state index contributed by atoms with van der Waals surface area (Å²) in [5.41, 5.74) is 0.187. The average Bonchev–Trinajstić information content (AvgIpc) is 2.42. The zero-order valence-corrected chi connectivity index (χ0v) is 13.9. The third-order valence-electron chi connectivity index (χ3n) is 2.66. The molecule has 0 spiro atoms. The van der Waals surface area contributed by atoms with E-state index in [9.17, 15) is 13.6 Å². The van der Waals surface area contributed by atoms with Crippen LogP contribution in [-0.2, 0) is 0 Å². The van der Waals surface area contributed by atoms with Crippen molar-refractivity contribution in [2.24, 2.45) is 0 Å². The van der Waals surface area contributed by atoms with Crippen molar-refractivity contribution in [3.05, 3.63) is 56.5 Å². The molecule has 2 rings (SSSR count). The van der Waals surface area contributed by atoms with Crippen LogP contribution in [-0.4, -0.2) is 13.0 Å². The van der Waals surface area contributed by atoms with Crippen LogP contribution in [0.4, 0.5) is 14.5 Å². The van der Waals surface area contributed by atoms with Crippen molar-refractivity contribution < 1.29 is 18.3 Å². The van der Waals surface area contributed by atoms with E-state index in [-0.39, 0.29) is 10.2 Å². The first-order chi connectivity index (χ1) is 9.92. The fraction of sp³-hybridized carbons (Fsp3) is 0.0714. The summed E-state index contributed by atoms with van der Waals surface area (Å²) in [4.78, 5) is 12.1. The van der Waals surface area contributed by atoms with Crippen molar-refractivity contribution in [1.29, 1.82) is 0 Å². The molecule has 0 heterocycles. The first-order valence-corrected chi connectivity index (χ1v) is 7.30. The number of nitrogens with one attached hydrogen (secondary N) is 1. The summed E-state index contributed by atoms with van der Waals surface area (Å²) in [5.74, 6) is -1.54. The SMILES string of the molecule is COc1ccc(C(=O)Nc2c(F)cc(F)cc2Br)cc1Br. The molecule has 0 unspecified atom stereocenters. The second-order valence-corrected chi connectivity index (χ2v) is 5.76. The number of carbonyl (C=O) groups is 1. The number of hydrogen-bond donors (Lipinski definition) is 1. The standard InChI is InChI=1S/C14H9Br2F2NO2/c1-21-12-3-2-7(4-9(12)15)14(20)19-13-10(16)5-8(17)6-11(13)18/h2-6H,1H3,(H,19,20). The molecule has 0 aliphatic rings. The van der Waals surface area contributed by atoms with Crippen LogP contribution in [0.2, 0.25) is 0 Å². The average molecular weight is 421 g/mol. The van der Waals surface area contributed by atoms with Crippen molar-refractivity contribution in [3.8, 4) is 5.75 Å². The van der Waals surface area contributed by atoms with E-state index in [0.29, 0.717) is 21.9 Å². The highest BCUT2D eigenvalue weighted by Gasteiger charge is 2.15. The maximum atomic E-state index is 13.7. The minimum absolute atomic E-state index is 0.117. The largest absolute Gasteiger partial charge is 0.496 e. The summed E-state index contributed by atoms with van der Waals surface area (Å²) in [6.07, 6.45) is 0. The molecule has 0 saturated heterocycles. The number of hydrogen-bond acceptors (Lipinski definition) is 2. The van der Waals surface area contributed by atoms with Crippen LogP contribution < -0.4 is 10.1 Å². The molecule has 0 bridgehead atoms. The first-order valence-electron chi connectivity index (χ1n) is 5.72. The van der Waals surface area contributed by atoms with E-state index >= 15 is 0 Å². The highest BCUT2D eigenvalue weighted by molar-refractivity contribution is 9.11. The van der Waals surface area contributed by atoms with Gasteiger partial charge in [-0.3, -0.25) is 4.79 Å². The molecule has 2 aromatic rings. The summed E-state index contributed by atoms with van der Waals surface area (Å²) < 4.78 is 32.5. The molecule has 1 amide bonds. The monoisotopic (exact) mass is 419 g/mol.